The van der Waals surface area contributed by atoms with Crippen molar-refractivity contribution in [3.8, 4) is 23.7 Å². The van der Waals surface area contributed by atoms with Crippen LogP contribution in [0.1, 0.15) is 126 Å². The van der Waals surface area contributed by atoms with E-state index in [1.165, 1.54) is 24.8 Å². The molecule has 0 aromatic rings. The first-order valence-corrected chi connectivity index (χ1v) is 21.9. The lowest BCUT2D eigenvalue weighted by molar-refractivity contribution is -0.218. The zero-order chi connectivity index (χ0) is 37.0. The van der Waals surface area contributed by atoms with Crippen LogP contribution in [-0.4, -0.2) is 43.7 Å². The van der Waals surface area contributed by atoms with E-state index in [2.05, 4.69) is 51.4 Å². The van der Waals surface area contributed by atoms with Crippen LogP contribution in [0.2, 0.25) is 0 Å². The fourth-order valence-corrected chi connectivity index (χ4v) is 18.2. The summed E-state index contributed by atoms with van der Waals surface area (Å²) in [5, 5.41) is 35.1. The van der Waals surface area contributed by atoms with E-state index < -0.39 is 16.8 Å². The maximum atomic E-state index is 12.2. The zero-order valence-corrected chi connectivity index (χ0v) is 33.0. The lowest BCUT2D eigenvalue weighted by Gasteiger charge is -2.63. The van der Waals surface area contributed by atoms with Crippen LogP contribution in [-0.2, 0) is 9.59 Å². The fraction of sp³-hybridized carbons (Fsp3) is 0.833. The Morgan fingerprint density at radius 1 is 0.642 bits per heavy atom. The van der Waals surface area contributed by atoms with Crippen LogP contribution in [0, 0.1) is 128 Å². The van der Waals surface area contributed by atoms with Crippen LogP contribution < -0.4 is 0 Å². The predicted octanol–water partition coefficient (Wildman–Crippen LogP) is 7.28. The molecule has 0 aromatic heterocycles. The minimum atomic E-state index is -0.816. The van der Waals surface area contributed by atoms with Gasteiger partial charge in [-0.2, -0.15) is 0 Å². The Balaban J connectivity index is 0.000000131. The van der Waals surface area contributed by atoms with Gasteiger partial charge >= 0.3 is 1.43 Å². The Bertz CT molecular complexity index is 1900. The molecule has 0 saturated heterocycles. The van der Waals surface area contributed by atoms with Crippen molar-refractivity contribution in [2.24, 2.45) is 105 Å². The largest absolute Gasteiger partial charge is 1.00 e. The summed E-state index contributed by atoms with van der Waals surface area (Å²) in [5.41, 5.74) is -0.865. The van der Waals surface area contributed by atoms with Gasteiger partial charge in [0, 0.05) is 47.3 Å². The van der Waals surface area contributed by atoms with E-state index in [-0.39, 0.29) is 28.9 Å². The van der Waals surface area contributed by atoms with E-state index in [1.807, 2.05) is 19.9 Å². The molecule has 5 heteroatoms. The third kappa shape index (κ3) is 3.82. The van der Waals surface area contributed by atoms with Crippen molar-refractivity contribution in [3.63, 3.8) is 0 Å². The van der Waals surface area contributed by atoms with Gasteiger partial charge in [-0.15, -0.1) is 11.8 Å². The molecule has 0 aliphatic heterocycles. The van der Waals surface area contributed by atoms with Gasteiger partial charge in [-0.3, -0.25) is 9.59 Å². The minimum absolute atomic E-state index is 0. The second-order valence-corrected chi connectivity index (χ2v) is 22.2. The van der Waals surface area contributed by atoms with Gasteiger partial charge in [0.15, 0.2) is 5.78 Å². The molecule has 0 heterocycles. The second-order valence-electron chi connectivity index (χ2n) is 22.2. The molecule has 12 aliphatic carbocycles. The van der Waals surface area contributed by atoms with Gasteiger partial charge in [0.1, 0.15) is 17.0 Å². The van der Waals surface area contributed by atoms with Gasteiger partial charge in [-0.1, -0.05) is 45.1 Å². The molecule has 0 bridgehead atoms. The zero-order valence-electron chi connectivity index (χ0n) is 34.0. The Morgan fingerprint density at radius 3 is 1.81 bits per heavy atom. The molecule has 284 valence electrons. The Morgan fingerprint density at radius 2 is 1.21 bits per heavy atom. The highest BCUT2D eigenvalue weighted by molar-refractivity contribution is 5.92. The number of carbonyl (C=O) groups excluding carboxylic acids is 2. The molecule has 0 radical (unpaired) electrons. The number of ketones is 2. The number of fused-ring (bicyclic) bond motifs is 20. The Labute approximate surface area is 318 Å². The Hall–Kier alpha value is -1.92. The minimum Gasteiger partial charge on any atom is -0.389 e. The molecule has 53 heavy (non-hydrogen) atoms. The molecule has 0 spiro atoms. The summed E-state index contributed by atoms with van der Waals surface area (Å²) in [5.74, 6) is 21.4. The van der Waals surface area contributed by atoms with Crippen molar-refractivity contribution in [2.75, 3.05) is 0 Å². The van der Waals surface area contributed by atoms with E-state index in [1.54, 1.807) is 0 Å². The molecule has 12 aliphatic rings. The number of allylic oxidation sites excluding steroid dienone is 1. The SMILES string of the molecule is CC#C[C@]1(O)C2C[C@H]2C2C3C4C[C@H]4C4=CC(=O)CC[C@]4(C)C3CC[C@@]21C.CC#C[C@]1(O)C2C[C@H]2C2C3C4C[C@H]4[C@]4(O)CC(=O)CC[C@]4(C)C3CC[C@@]21C.[H+]. The number of rotatable bonds is 0. The Kier molecular flexibility index (Phi) is 6.57. The van der Waals surface area contributed by atoms with Crippen LogP contribution in [0.25, 0.3) is 0 Å². The van der Waals surface area contributed by atoms with Gasteiger partial charge < -0.3 is 15.3 Å². The standard InChI is InChI=1S/C24H32O3.C24H30O2/c1-4-7-23(26)18-11-15(18)20-19-14-10-17(14)24(27)12-13(25)5-8-21(24,2)16(19)6-9-22(20,23)3;1-4-7-24(26)19-12-16(19)21-20-15-11-14(15)18-10-13(25)5-8-22(18,2)17(20)6-9-23(21,24)3/h14-20,26-27H,5-6,8-12H2,1-3H3;10,14-17,19-21,26H,5-6,8-9,11-12H2,1-3H3/p+1/t14?,15-,16?,17-,18?,19?,20?,21-,22+,23+,24-;14-,15?,16-,17?,19?,20?,21?,22-,23+,24+/m11/s1. The van der Waals surface area contributed by atoms with Crippen molar-refractivity contribution in [2.45, 2.75) is 142 Å². The first-order chi connectivity index (χ1) is 25.1. The summed E-state index contributed by atoms with van der Waals surface area (Å²) in [6.07, 6.45) is 14.8. The third-order valence-corrected chi connectivity index (χ3v) is 20.8. The second kappa shape index (κ2) is 10.1. The number of carbonyl (C=O) groups is 2. The van der Waals surface area contributed by atoms with Crippen molar-refractivity contribution in [1.29, 1.82) is 0 Å². The maximum Gasteiger partial charge on any atom is 1.00 e. The molecule has 10 unspecified atom stereocenters. The van der Waals surface area contributed by atoms with E-state index >= 15 is 0 Å². The molecule has 3 N–H and O–H groups in total. The van der Waals surface area contributed by atoms with Crippen LogP contribution in [0.3, 0.4) is 0 Å². The average Bonchev–Trinajstić information content (AvgIpc) is 3.92. The van der Waals surface area contributed by atoms with Crippen molar-refractivity contribution in [3.05, 3.63) is 11.6 Å². The van der Waals surface area contributed by atoms with Crippen LogP contribution in [0.5, 0.6) is 0 Å². The summed E-state index contributed by atoms with van der Waals surface area (Å²) in [6, 6.07) is 0. The fourth-order valence-electron chi connectivity index (χ4n) is 18.2. The van der Waals surface area contributed by atoms with Gasteiger partial charge in [0.05, 0.1) is 5.60 Å². The highest BCUT2D eigenvalue weighted by Gasteiger charge is 2.82. The first kappa shape index (κ1) is 34.3. The highest BCUT2D eigenvalue weighted by Crippen LogP contribution is 2.83. The number of hydrogen-bond donors (Lipinski definition) is 3. The molecule has 12 rings (SSSR count). The average molecular weight is 720 g/mol. The summed E-state index contributed by atoms with van der Waals surface area (Å²) in [4.78, 5) is 24.3. The van der Waals surface area contributed by atoms with Gasteiger partial charge in [0.2, 0.25) is 0 Å². The monoisotopic (exact) mass is 719 g/mol. The lowest BCUT2D eigenvalue weighted by Crippen LogP contribution is -2.65. The molecule has 0 amide bonds. The van der Waals surface area contributed by atoms with Gasteiger partial charge in [-0.05, 0) is 161 Å². The summed E-state index contributed by atoms with van der Waals surface area (Å²) in [7, 11) is 0. The molecule has 11 fully saturated rings. The summed E-state index contributed by atoms with van der Waals surface area (Å²) in [6.45, 7) is 13.2. The summed E-state index contributed by atoms with van der Waals surface area (Å²) >= 11 is 0. The molecular formula is C48H63O5+. The topological polar surface area (TPSA) is 94.8 Å². The maximum absolute atomic E-state index is 12.2. The first-order valence-electron chi connectivity index (χ1n) is 21.9. The van der Waals surface area contributed by atoms with Crippen LogP contribution in [0.4, 0.5) is 0 Å². The normalized spacial score (nSPS) is 63.0. The quantitative estimate of drug-likeness (QED) is 0.229. The smallest absolute Gasteiger partial charge is 0.389 e. The lowest BCUT2D eigenvalue weighted by atomic mass is 9.42. The molecule has 11 saturated carbocycles. The van der Waals surface area contributed by atoms with E-state index in [0.717, 1.165) is 63.2 Å². The van der Waals surface area contributed by atoms with E-state index in [0.29, 0.717) is 89.6 Å². The molecule has 5 nitrogen and oxygen atoms in total. The summed E-state index contributed by atoms with van der Waals surface area (Å²) < 4.78 is 0. The predicted molar refractivity (Wildman–Crippen MR) is 202 cm³/mol. The van der Waals surface area contributed by atoms with Crippen molar-refractivity contribution in [1.82, 2.24) is 0 Å². The number of hydrogen-bond acceptors (Lipinski definition) is 5. The van der Waals surface area contributed by atoms with Gasteiger partial charge in [-0.25, -0.2) is 0 Å². The molecule has 0 aromatic carbocycles. The van der Waals surface area contributed by atoms with Gasteiger partial charge in [0.25, 0.3) is 0 Å². The van der Waals surface area contributed by atoms with E-state index in [9.17, 15) is 24.9 Å². The molecular weight excluding hydrogens is 657 g/mol. The number of Topliss-reactive ketones (excluding diaryl/α,β-unsaturated/α-hetero) is 1. The van der Waals surface area contributed by atoms with Crippen molar-refractivity contribution < 1.29 is 26.3 Å². The molecule has 21 atom stereocenters. The van der Waals surface area contributed by atoms with Crippen molar-refractivity contribution >= 4 is 11.6 Å². The number of aliphatic hydroxyl groups is 3. The highest BCUT2D eigenvalue weighted by atomic mass is 16.3. The van der Waals surface area contributed by atoms with Crippen LogP contribution in [0.15, 0.2) is 11.6 Å². The third-order valence-electron chi connectivity index (χ3n) is 20.8. The van der Waals surface area contributed by atoms with E-state index in [4.69, 9.17) is 0 Å². The van der Waals surface area contributed by atoms with Crippen LogP contribution >= 0.6 is 0 Å².